The van der Waals surface area contributed by atoms with Gasteiger partial charge in [0.2, 0.25) is 0 Å². The molecule has 29 heavy (non-hydrogen) atoms. The van der Waals surface area contributed by atoms with E-state index >= 15 is 0 Å². The lowest BCUT2D eigenvalue weighted by molar-refractivity contribution is -0.123. The van der Waals surface area contributed by atoms with Gasteiger partial charge in [0.25, 0.3) is 5.91 Å². The fourth-order valence-corrected chi connectivity index (χ4v) is 3.30. The monoisotopic (exact) mass is 391 g/mol. The smallest absolute Gasteiger partial charge is 0.257 e. The summed E-state index contributed by atoms with van der Waals surface area (Å²) in [5.41, 5.74) is 2.19. The number of ether oxygens (including phenoxy) is 1. The molecule has 0 aliphatic rings. The Hall–Kier alpha value is -2.85. The van der Waals surface area contributed by atoms with Crippen molar-refractivity contribution in [1.82, 2.24) is 5.32 Å². The van der Waals surface area contributed by atoms with Gasteiger partial charge >= 0.3 is 0 Å². The molecule has 0 aliphatic carbocycles. The first-order chi connectivity index (χ1) is 13.8. The topological polar surface area (TPSA) is 58.6 Å². The number of carbonyl (C=O) groups excluding carboxylic acids is 1. The first-order valence-corrected chi connectivity index (χ1v) is 10.0. The summed E-state index contributed by atoms with van der Waals surface area (Å²) in [7, 11) is 0. The number of nitrogens with one attached hydrogen (secondary N) is 1. The highest BCUT2D eigenvalue weighted by molar-refractivity contribution is 5.86. The van der Waals surface area contributed by atoms with Crippen molar-refractivity contribution in [1.29, 1.82) is 0 Å². The Morgan fingerprint density at radius 2 is 1.69 bits per heavy atom. The van der Waals surface area contributed by atoms with Crippen LogP contribution in [-0.2, 0) is 10.2 Å². The Bertz CT molecular complexity index is 952. The van der Waals surface area contributed by atoms with Gasteiger partial charge in [0, 0.05) is 6.54 Å². The van der Waals surface area contributed by atoms with Gasteiger partial charge in [-0.15, -0.1) is 0 Å². The van der Waals surface area contributed by atoms with Crippen LogP contribution >= 0.6 is 0 Å². The molecule has 1 atom stereocenters. The summed E-state index contributed by atoms with van der Waals surface area (Å²) in [6.45, 7) is 6.81. The number of benzene rings is 3. The lowest BCUT2D eigenvalue weighted by Crippen LogP contribution is -2.30. The molecule has 2 N–H and O–H groups in total. The molecule has 1 unspecified atom stereocenters. The molecule has 152 valence electrons. The van der Waals surface area contributed by atoms with Gasteiger partial charge in [-0.05, 0) is 45.9 Å². The van der Waals surface area contributed by atoms with Gasteiger partial charge in [-0.3, -0.25) is 4.79 Å². The van der Waals surface area contributed by atoms with E-state index in [-0.39, 0.29) is 17.9 Å². The van der Waals surface area contributed by atoms with E-state index in [1.54, 1.807) is 0 Å². The number of aliphatic hydroxyl groups excluding tert-OH is 1. The summed E-state index contributed by atoms with van der Waals surface area (Å²) in [5.74, 6) is 0.471. The zero-order valence-corrected chi connectivity index (χ0v) is 17.3. The van der Waals surface area contributed by atoms with E-state index < -0.39 is 6.10 Å². The highest BCUT2D eigenvalue weighted by Gasteiger charge is 2.14. The zero-order chi connectivity index (χ0) is 20.9. The van der Waals surface area contributed by atoms with E-state index in [0.29, 0.717) is 18.7 Å². The van der Waals surface area contributed by atoms with Crippen LogP contribution in [-0.4, -0.2) is 24.2 Å². The minimum atomic E-state index is -0.632. The van der Waals surface area contributed by atoms with E-state index in [9.17, 15) is 9.90 Å². The van der Waals surface area contributed by atoms with E-state index in [1.807, 2.05) is 66.7 Å². The van der Waals surface area contributed by atoms with E-state index in [0.717, 1.165) is 16.3 Å². The van der Waals surface area contributed by atoms with Gasteiger partial charge in [0.15, 0.2) is 6.61 Å². The third kappa shape index (κ3) is 5.58. The Balaban J connectivity index is 1.46. The van der Waals surface area contributed by atoms with Gasteiger partial charge in [0.05, 0.1) is 6.10 Å². The zero-order valence-electron chi connectivity index (χ0n) is 17.3. The summed E-state index contributed by atoms with van der Waals surface area (Å²) in [6.07, 6.45) is -0.188. The third-order valence-corrected chi connectivity index (χ3v) is 5.01. The van der Waals surface area contributed by atoms with Crippen molar-refractivity contribution in [2.75, 3.05) is 13.2 Å². The van der Waals surface area contributed by atoms with E-state index in [1.165, 1.54) is 5.56 Å². The summed E-state index contributed by atoms with van der Waals surface area (Å²) in [4.78, 5) is 12.1. The quantitative estimate of drug-likeness (QED) is 0.611. The van der Waals surface area contributed by atoms with Crippen molar-refractivity contribution < 1.29 is 14.6 Å². The molecule has 0 radical (unpaired) electrons. The van der Waals surface area contributed by atoms with Crippen LogP contribution in [0.4, 0.5) is 0 Å². The molecule has 0 saturated heterocycles. The number of hydrogen-bond donors (Lipinski definition) is 2. The molecule has 4 nitrogen and oxygen atoms in total. The molecule has 0 saturated carbocycles. The first-order valence-electron chi connectivity index (χ1n) is 10.0. The number of hydrogen-bond acceptors (Lipinski definition) is 3. The SMILES string of the molecule is CC(C)(C)c1ccc(OCC(=O)NCCC(O)c2cccc3ccccc23)cc1. The maximum atomic E-state index is 12.1. The number of carbonyl (C=O) groups is 1. The van der Waals surface area contributed by atoms with E-state index in [2.05, 4.69) is 26.1 Å². The predicted octanol–water partition coefficient (Wildman–Crippen LogP) is 4.76. The minimum Gasteiger partial charge on any atom is -0.484 e. The molecule has 4 heteroatoms. The van der Waals surface area contributed by atoms with Crippen molar-refractivity contribution in [3.8, 4) is 5.75 Å². The molecule has 3 aromatic rings. The van der Waals surface area contributed by atoms with Crippen LogP contribution in [0.1, 0.15) is 44.4 Å². The average molecular weight is 392 g/mol. The number of amides is 1. The molecule has 0 bridgehead atoms. The molecule has 1 amide bonds. The van der Waals surface area contributed by atoms with Gasteiger partial charge in [-0.2, -0.15) is 0 Å². The predicted molar refractivity (Wildman–Crippen MR) is 117 cm³/mol. The second kappa shape index (κ2) is 9.10. The Morgan fingerprint density at radius 3 is 2.41 bits per heavy atom. The minimum absolute atomic E-state index is 0.0424. The first kappa shape index (κ1) is 20.9. The van der Waals surface area contributed by atoms with Crippen molar-refractivity contribution in [3.63, 3.8) is 0 Å². The standard InChI is InChI=1S/C25H29NO3/c1-25(2,3)19-11-13-20(14-12-19)29-17-24(28)26-16-15-23(27)22-10-6-8-18-7-4-5-9-21(18)22/h4-14,23,27H,15-17H2,1-3H3,(H,26,28). The summed E-state index contributed by atoms with van der Waals surface area (Å²) >= 11 is 0. The molecule has 0 aliphatic heterocycles. The van der Waals surface area contributed by atoms with Crippen molar-refractivity contribution >= 4 is 16.7 Å². The lowest BCUT2D eigenvalue weighted by Gasteiger charge is -2.19. The maximum absolute atomic E-state index is 12.1. The van der Waals surface area contributed by atoms with Crippen LogP contribution in [0, 0.1) is 0 Å². The Kier molecular flexibility index (Phi) is 6.55. The molecular formula is C25H29NO3. The summed E-state index contributed by atoms with van der Waals surface area (Å²) in [5, 5.41) is 15.5. The van der Waals surface area contributed by atoms with Crippen LogP contribution in [0.2, 0.25) is 0 Å². The number of aliphatic hydroxyl groups is 1. The van der Waals surface area contributed by atoms with Gasteiger partial charge in [0.1, 0.15) is 5.75 Å². The maximum Gasteiger partial charge on any atom is 0.257 e. The normalized spacial score (nSPS) is 12.6. The summed E-state index contributed by atoms with van der Waals surface area (Å²) in [6, 6.07) is 21.7. The second-order valence-corrected chi connectivity index (χ2v) is 8.29. The van der Waals surface area contributed by atoms with Crippen LogP contribution < -0.4 is 10.1 Å². The van der Waals surface area contributed by atoms with Crippen LogP contribution in [0.15, 0.2) is 66.7 Å². The van der Waals surface area contributed by atoms with E-state index in [4.69, 9.17) is 4.74 Å². The molecule has 0 aromatic heterocycles. The van der Waals surface area contributed by atoms with Crippen molar-refractivity contribution in [3.05, 3.63) is 77.9 Å². The number of fused-ring (bicyclic) bond motifs is 1. The van der Waals surface area contributed by atoms with Gasteiger partial charge < -0.3 is 15.2 Å². The lowest BCUT2D eigenvalue weighted by atomic mass is 9.87. The molecule has 0 spiro atoms. The second-order valence-electron chi connectivity index (χ2n) is 8.29. The fraction of sp³-hybridized carbons (Fsp3) is 0.320. The van der Waals surface area contributed by atoms with Gasteiger partial charge in [-0.25, -0.2) is 0 Å². The molecule has 3 aromatic carbocycles. The largest absolute Gasteiger partial charge is 0.484 e. The molecule has 3 rings (SSSR count). The van der Waals surface area contributed by atoms with Gasteiger partial charge in [-0.1, -0.05) is 75.4 Å². The Morgan fingerprint density at radius 1 is 1.00 bits per heavy atom. The number of rotatable bonds is 7. The molecule has 0 fully saturated rings. The van der Waals surface area contributed by atoms with Crippen molar-refractivity contribution in [2.45, 2.75) is 38.7 Å². The highest BCUT2D eigenvalue weighted by Crippen LogP contribution is 2.26. The fourth-order valence-electron chi connectivity index (χ4n) is 3.30. The molecular weight excluding hydrogens is 362 g/mol. The van der Waals surface area contributed by atoms with Crippen LogP contribution in [0.5, 0.6) is 5.75 Å². The van der Waals surface area contributed by atoms with Crippen molar-refractivity contribution in [2.24, 2.45) is 0 Å². The van der Waals surface area contributed by atoms with Crippen LogP contribution in [0.25, 0.3) is 10.8 Å². The average Bonchev–Trinajstić information content (AvgIpc) is 2.71. The third-order valence-electron chi connectivity index (χ3n) is 5.01. The molecule has 0 heterocycles. The summed E-state index contributed by atoms with van der Waals surface area (Å²) < 4.78 is 5.56. The highest BCUT2D eigenvalue weighted by atomic mass is 16.5. The Labute approximate surface area is 172 Å². The van der Waals surface area contributed by atoms with Crippen LogP contribution in [0.3, 0.4) is 0 Å².